The molecule has 90 valence electrons. The molecule has 5 heteroatoms. The van der Waals surface area contributed by atoms with Crippen LogP contribution in [0.4, 0.5) is 0 Å². The molecule has 0 saturated carbocycles. The zero-order chi connectivity index (χ0) is 12.4. The van der Waals surface area contributed by atoms with Gasteiger partial charge in [0.15, 0.2) is 6.54 Å². The van der Waals surface area contributed by atoms with E-state index in [0.717, 1.165) is 28.9 Å². The minimum absolute atomic E-state index is 0.526. The first-order valence-electron chi connectivity index (χ1n) is 6.05. The molecule has 0 unspecified atom stereocenters. The molecule has 0 atom stereocenters. The summed E-state index contributed by atoms with van der Waals surface area (Å²) in [5.74, 6) is 1.33. The molecule has 0 aromatic carbocycles. The van der Waals surface area contributed by atoms with Crippen molar-refractivity contribution in [2.24, 2.45) is 0 Å². The monoisotopic (exact) mass is 250 g/mol. The van der Waals surface area contributed by atoms with Crippen LogP contribution in [-0.2, 0) is 6.54 Å². The van der Waals surface area contributed by atoms with Crippen molar-refractivity contribution in [3.05, 3.63) is 42.4 Å². The Kier molecular flexibility index (Phi) is 1.46. The van der Waals surface area contributed by atoms with Crippen LogP contribution >= 0.6 is 0 Å². The number of fused-ring (bicyclic) bond motifs is 7. The quantitative estimate of drug-likeness (QED) is 0.396. The van der Waals surface area contributed by atoms with Crippen molar-refractivity contribution < 1.29 is 13.4 Å². The van der Waals surface area contributed by atoms with Crippen molar-refractivity contribution in [2.75, 3.05) is 0 Å². The lowest BCUT2D eigenvalue weighted by Gasteiger charge is -1.87. The van der Waals surface area contributed by atoms with E-state index in [1.54, 1.807) is 12.4 Å². The zero-order valence-corrected chi connectivity index (χ0v) is 9.83. The number of rotatable bonds is 0. The molecule has 5 heterocycles. The van der Waals surface area contributed by atoms with Crippen molar-refractivity contribution in [1.29, 1.82) is 0 Å². The van der Waals surface area contributed by atoms with E-state index >= 15 is 0 Å². The first kappa shape index (κ1) is 9.27. The molecule has 0 saturated heterocycles. The standard InChI is InChI=1S/C14H8N3O2/c1-2-9-11-14(18-12(9)16-4-1)19-13-10-6-15-5-3-8(10)7-17(11)13/h1-6H,7H2/q+1. The Hall–Kier alpha value is -2.69. The molecule has 19 heavy (non-hydrogen) atoms. The predicted octanol–water partition coefficient (Wildman–Crippen LogP) is 2.29. The molecular formula is C14H8N3O2+. The Morgan fingerprint density at radius 1 is 1.16 bits per heavy atom. The van der Waals surface area contributed by atoms with Gasteiger partial charge in [-0.1, -0.05) is 0 Å². The second kappa shape index (κ2) is 3.00. The van der Waals surface area contributed by atoms with Crippen LogP contribution in [-0.4, -0.2) is 9.97 Å². The van der Waals surface area contributed by atoms with Gasteiger partial charge in [0.05, 0.1) is 0 Å². The van der Waals surface area contributed by atoms with E-state index in [4.69, 9.17) is 8.83 Å². The van der Waals surface area contributed by atoms with Gasteiger partial charge < -0.3 is 8.83 Å². The normalized spacial score (nSPS) is 13.1. The lowest BCUT2D eigenvalue weighted by atomic mass is 10.2. The highest BCUT2D eigenvalue weighted by molar-refractivity contribution is 5.97. The Labute approximate surface area is 107 Å². The zero-order valence-electron chi connectivity index (χ0n) is 9.83. The molecule has 4 aromatic heterocycles. The minimum atomic E-state index is 0.526. The minimum Gasteiger partial charge on any atom is -0.401 e. The molecule has 5 nitrogen and oxygen atoms in total. The van der Waals surface area contributed by atoms with Crippen molar-refractivity contribution in [3.8, 4) is 11.5 Å². The maximum absolute atomic E-state index is 5.84. The third-order valence-corrected chi connectivity index (χ3v) is 3.58. The summed E-state index contributed by atoms with van der Waals surface area (Å²) in [6, 6.07) is 5.92. The summed E-state index contributed by atoms with van der Waals surface area (Å²) >= 11 is 0. The summed E-state index contributed by atoms with van der Waals surface area (Å²) in [4.78, 5) is 8.37. The van der Waals surface area contributed by atoms with Gasteiger partial charge in [-0.15, -0.1) is 4.57 Å². The van der Waals surface area contributed by atoms with Crippen LogP contribution < -0.4 is 4.57 Å². The predicted molar refractivity (Wildman–Crippen MR) is 66.3 cm³/mol. The molecule has 0 radical (unpaired) electrons. The van der Waals surface area contributed by atoms with E-state index in [2.05, 4.69) is 14.5 Å². The van der Waals surface area contributed by atoms with Crippen LogP contribution in [0.1, 0.15) is 5.56 Å². The van der Waals surface area contributed by atoms with Gasteiger partial charge in [0.25, 0.3) is 0 Å². The molecular weight excluding hydrogens is 242 g/mol. The number of oxazole rings is 1. The van der Waals surface area contributed by atoms with Gasteiger partial charge in [0.2, 0.25) is 5.71 Å². The van der Waals surface area contributed by atoms with E-state index in [1.165, 1.54) is 5.56 Å². The van der Waals surface area contributed by atoms with Crippen molar-refractivity contribution in [2.45, 2.75) is 6.54 Å². The summed E-state index contributed by atoms with van der Waals surface area (Å²) in [5, 5.41) is 0.980. The van der Waals surface area contributed by atoms with Crippen LogP contribution in [0, 0.1) is 0 Å². The average Bonchev–Trinajstić information content (AvgIpc) is 3.05. The third kappa shape index (κ3) is 1.03. The van der Waals surface area contributed by atoms with Gasteiger partial charge in [-0.2, -0.15) is 0 Å². The first-order chi connectivity index (χ1) is 9.42. The van der Waals surface area contributed by atoms with E-state index in [0.29, 0.717) is 11.5 Å². The molecule has 5 rings (SSSR count). The summed E-state index contributed by atoms with van der Waals surface area (Å²) in [6.07, 6.45) is 5.35. The third-order valence-electron chi connectivity index (χ3n) is 3.58. The van der Waals surface area contributed by atoms with Gasteiger partial charge in [-0.3, -0.25) is 4.98 Å². The lowest BCUT2D eigenvalue weighted by Crippen LogP contribution is -2.30. The molecule has 0 amide bonds. The van der Waals surface area contributed by atoms with Crippen molar-refractivity contribution in [1.82, 2.24) is 9.97 Å². The lowest BCUT2D eigenvalue weighted by molar-refractivity contribution is -0.648. The fourth-order valence-electron chi connectivity index (χ4n) is 2.74. The van der Waals surface area contributed by atoms with Gasteiger partial charge in [-0.05, 0) is 18.2 Å². The number of pyridine rings is 2. The maximum atomic E-state index is 5.84. The Morgan fingerprint density at radius 2 is 2.16 bits per heavy atom. The van der Waals surface area contributed by atoms with E-state index < -0.39 is 0 Å². The van der Waals surface area contributed by atoms with Crippen LogP contribution in [0.15, 0.2) is 45.6 Å². The second-order valence-electron chi connectivity index (χ2n) is 4.62. The fraction of sp³-hybridized carbons (Fsp3) is 0.0714. The molecule has 0 N–H and O–H groups in total. The van der Waals surface area contributed by atoms with E-state index in [1.807, 2.05) is 24.4 Å². The molecule has 1 aliphatic rings. The first-order valence-corrected chi connectivity index (χ1v) is 6.05. The number of hydrogen-bond donors (Lipinski definition) is 0. The number of hydrogen-bond acceptors (Lipinski definition) is 4. The summed E-state index contributed by atoms with van der Waals surface area (Å²) in [5.41, 5.74) is 3.83. The van der Waals surface area contributed by atoms with Gasteiger partial charge >= 0.3 is 17.2 Å². The van der Waals surface area contributed by atoms with Gasteiger partial charge in [0.1, 0.15) is 10.9 Å². The Bertz CT molecular complexity index is 952. The molecule has 4 aromatic rings. The molecule has 0 spiro atoms. The maximum Gasteiger partial charge on any atom is 0.386 e. The highest BCUT2D eigenvalue weighted by Gasteiger charge is 2.37. The number of furan rings is 1. The van der Waals surface area contributed by atoms with Crippen LogP contribution in [0.5, 0.6) is 0 Å². The van der Waals surface area contributed by atoms with Gasteiger partial charge in [0, 0.05) is 24.2 Å². The molecule has 0 fully saturated rings. The average molecular weight is 250 g/mol. The Morgan fingerprint density at radius 3 is 3.16 bits per heavy atom. The highest BCUT2D eigenvalue weighted by Crippen LogP contribution is 2.34. The molecule has 1 aliphatic heterocycles. The van der Waals surface area contributed by atoms with E-state index in [-0.39, 0.29) is 0 Å². The van der Waals surface area contributed by atoms with Crippen molar-refractivity contribution in [3.63, 3.8) is 0 Å². The van der Waals surface area contributed by atoms with Gasteiger partial charge in [-0.25, -0.2) is 4.98 Å². The van der Waals surface area contributed by atoms with Crippen LogP contribution in [0.2, 0.25) is 0 Å². The summed E-state index contributed by atoms with van der Waals surface area (Å²) in [7, 11) is 0. The van der Waals surface area contributed by atoms with Crippen molar-refractivity contribution >= 4 is 22.4 Å². The van der Waals surface area contributed by atoms with Crippen LogP contribution in [0.3, 0.4) is 0 Å². The highest BCUT2D eigenvalue weighted by atomic mass is 16.5. The fourth-order valence-corrected chi connectivity index (χ4v) is 2.74. The largest absolute Gasteiger partial charge is 0.401 e. The summed E-state index contributed by atoms with van der Waals surface area (Å²) < 4.78 is 13.6. The smallest absolute Gasteiger partial charge is 0.386 e. The number of nitrogens with zero attached hydrogens (tertiary/aromatic N) is 3. The molecule has 0 bridgehead atoms. The summed E-state index contributed by atoms with van der Waals surface area (Å²) in [6.45, 7) is 0.781. The topological polar surface area (TPSA) is 55.9 Å². The second-order valence-corrected chi connectivity index (χ2v) is 4.62. The van der Waals surface area contributed by atoms with Crippen LogP contribution in [0.25, 0.3) is 33.9 Å². The SMILES string of the molecule is c1cnc2oc3oc4[n+](c3c2c1)Cc1ccncc1-4. The van der Waals surface area contributed by atoms with E-state index in [9.17, 15) is 0 Å². The number of aromatic nitrogens is 3. The molecule has 0 aliphatic carbocycles. The Balaban J connectivity index is 1.94.